The molecular formula is C21H24F2N2O3S. The predicted molar refractivity (Wildman–Crippen MR) is 108 cm³/mol. The Labute approximate surface area is 169 Å². The van der Waals surface area contributed by atoms with Crippen molar-refractivity contribution >= 4 is 15.9 Å². The minimum atomic E-state index is -3.29. The molecule has 1 N–H and O–H groups in total. The second kappa shape index (κ2) is 9.00. The maximum absolute atomic E-state index is 14.2. The van der Waals surface area contributed by atoms with E-state index in [0.717, 1.165) is 12.3 Å². The van der Waals surface area contributed by atoms with E-state index in [9.17, 15) is 22.0 Å². The lowest BCUT2D eigenvalue weighted by atomic mass is 9.97. The van der Waals surface area contributed by atoms with Gasteiger partial charge in [0.05, 0.1) is 12.7 Å². The fourth-order valence-corrected chi connectivity index (χ4v) is 4.53. The molecule has 0 aliphatic carbocycles. The zero-order chi connectivity index (χ0) is 21.0. The van der Waals surface area contributed by atoms with Gasteiger partial charge in [0.25, 0.3) is 0 Å². The molecule has 1 amide bonds. The van der Waals surface area contributed by atoms with Gasteiger partial charge in [0, 0.05) is 30.8 Å². The number of amides is 1. The van der Waals surface area contributed by atoms with Crippen LogP contribution >= 0.6 is 0 Å². The number of carbonyl (C=O) groups is 1. The predicted octanol–water partition coefficient (Wildman–Crippen LogP) is 3.10. The maximum Gasteiger partial charge on any atom is 0.227 e. The van der Waals surface area contributed by atoms with E-state index in [1.165, 1.54) is 12.1 Å². The first-order valence-corrected chi connectivity index (χ1v) is 11.4. The van der Waals surface area contributed by atoms with Gasteiger partial charge in [-0.15, -0.1) is 0 Å². The van der Waals surface area contributed by atoms with Crippen LogP contribution in [-0.2, 0) is 21.2 Å². The smallest absolute Gasteiger partial charge is 0.227 e. The zero-order valence-electron chi connectivity index (χ0n) is 16.2. The van der Waals surface area contributed by atoms with Crippen molar-refractivity contribution in [2.24, 2.45) is 0 Å². The number of hydrogen-bond donors (Lipinski definition) is 1. The van der Waals surface area contributed by atoms with Crippen LogP contribution in [0.1, 0.15) is 24.8 Å². The molecule has 156 valence electrons. The molecule has 0 spiro atoms. The first-order chi connectivity index (χ1) is 13.7. The van der Waals surface area contributed by atoms with Crippen LogP contribution in [0.15, 0.2) is 42.5 Å². The Morgan fingerprint density at radius 3 is 2.59 bits per heavy atom. The van der Waals surface area contributed by atoms with Gasteiger partial charge in [-0.05, 0) is 42.5 Å². The van der Waals surface area contributed by atoms with Crippen molar-refractivity contribution < 1.29 is 22.0 Å². The highest BCUT2D eigenvalue weighted by molar-refractivity contribution is 7.88. The highest BCUT2D eigenvalue weighted by Gasteiger charge is 2.23. The quantitative estimate of drug-likeness (QED) is 0.805. The summed E-state index contributed by atoms with van der Waals surface area (Å²) < 4.78 is 53.0. The van der Waals surface area contributed by atoms with Gasteiger partial charge in [0.1, 0.15) is 11.6 Å². The third kappa shape index (κ3) is 5.83. The Morgan fingerprint density at radius 2 is 1.86 bits per heavy atom. The number of hydrogen-bond acceptors (Lipinski definition) is 3. The van der Waals surface area contributed by atoms with Crippen molar-refractivity contribution in [3.8, 4) is 11.1 Å². The number of benzene rings is 2. The first kappa shape index (κ1) is 21.4. The minimum absolute atomic E-state index is 0.0944. The summed E-state index contributed by atoms with van der Waals surface area (Å²) in [6, 6.07) is 10.2. The molecule has 2 aromatic carbocycles. The second-order valence-electron chi connectivity index (χ2n) is 7.36. The summed E-state index contributed by atoms with van der Waals surface area (Å²) in [6.07, 6.45) is 3.15. The number of rotatable bonds is 5. The lowest BCUT2D eigenvalue weighted by Gasteiger charge is -2.21. The molecule has 5 nitrogen and oxygen atoms in total. The molecule has 0 saturated carbocycles. The molecule has 1 aliphatic rings. The number of halogens is 2. The molecule has 3 rings (SSSR count). The topological polar surface area (TPSA) is 66.5 Å². The van der Waals surface area contributed by atoms with Crippen LogP contribution in [0, 0.1) is 11.6 Å². The van der Waals surface area contributed by atoms with E-state index in [1.807, 2.05) is 0 Å². The van der Waals surface area contributed by atoms with Crippen molar-refractivity contribution in [2.75, 3.05) is 19.3 Å². The van der Waals surface area contributed by atoms with Gasteiger partial charge in [-0.25, -0.2) is 21.9 Å². The van der Waals surface area contributed by atoms with Crippen LogP contribution < -0.4 is 4.72 Å². The Morgan fingerprint density at radius 1 is 1.10 bits per heavy atom. The Hall–Kier alpha value is -2.32. The fourth-order valence-electron chi connectivity index (χ4n) is 3.69. The monoisotopic (exact) mass is 422 g/mol. The number of nitrogens with zero attached hydrogens (tertiary/aromatic N) is 1. The number of carbonyl (C=O) groups excluding carboxylic acids is 1. The summed E-state index contributed by atoms with van der Waals surface area (Å²) in [7, 11) is -3.29. The molecule has 0 bridgehead atoms. The van der Waals surface area contributed by atoms with Gasteiger partial charge in [-0.2, -0.15) is 0 Å². The average Bonchev–Trinajstić information content (AvgIpc) is 2.87. The fraction of sp³-hybridized carbons (Fsp3) is 0.381. The van der Waals surface area contributed by atoms with Gasteiger partial charge in [0.2, 0.25) is 15.9 Å². The van der Waals surface area contributed by atoms with Crippen LogP contribution in [0.5, 0.6) is 0 Å². The van der Waals surface area contributed by atoms with Gasteiger partial charge in [0.15, 0.2) is 0 Å². The molecule has 0 radical (unpaired) electrons. The van der Waals surface area contributed by atoms with E-state index in [4.69, 9.17) is 0 Å². The molecule has 2 aromatic rings. The van der Waals surface area contributed by atoms with Crippen LogP contribution in [-0.4, -0.2) is 44.6 Å². The summed E-state index contributed by atoms with van der Waals surface area (Å²) in [6.45, 7) is 1.01. The summed E-state index contributed by atoms with van der Waals surface area (Å²) in [5, 5.41) is 0. The van der Waals surface area contributed by atoms with Gasteiger partial charge >= 0.3 is 0 Å². The van der Waals surface area contributed by atoms with Gasteiger partial charge < -0.3 is 4.90 Å². The van der Waals surface area contributed by atoms with Crippen molar-refractivity contribution in [2.45, 2.75) is 31.7 Å². The largest absolute Gasteiger partial charge is 0.342 e. The lowest BCUT2D eigenvalue weighted by molar-refractivity contribution is -0.130. The molecule has 1 saturated heterocycles. The molecule has 29 heavy (non-hydrogen) atoms. The summed E-state index contributed by atoms with van der Waals surface area (Å²) in [5.41, 5.74) is 1.48. The summed E-state index contributed by atoms with van der Waals surface area (Å²) >= 11 is 0. The Balaban J connectivity index is 1.73. The van der Waals surface area contributed by atoms with E-state index in [1.54, 1.807) is 29.2 Å². The van der Waals surface area contributed by atoms with Crippen molar-refractivity contribution in [3.63, 3.8) is 0 Å². The molecule has 0 aromatic heterocycles. The summed E-state index contributed by atoms with van der Waals surface area (Å²) in [4.78, 5) is 14.6. The van der Waals surface area contributed by atoms with E-state index < -0.39 is 21.7 Å². The molecule has 1 fully saturated rings. The zero-order valence-corrected chi connectivity index (χ0v) is 17.0. The van der Waals surface area contributed by atoms with E-state index in [-0.39, 0.29) is 23.9 Å². The third-order valence-corrected chi connectivity index (χ3v) is 5.80. The second-order valence-corrected chi connectivity index (χ2v) is 9.14. The van der Waals surface area contributed by atoms with E-state index in [0.29, 0.717) is 43.5 Å². The third-order valence-electron chi connectivity index (χ3n) is 5.04. The van der Waals surface area contributed by atoms with E-state index >= 15 is 0 Å². The molecule has 1 aliphatic heterocycles. The number of likely N-dealkylation sites (tertiary alicyclic amines) is 1. The molecule has 8 heteroatoms. The molecule has 1 unspecified atom stereocenters. The molecule has 1 atom stereocenters. The highest BCUT2D eigenvalue weighted by atomic mass is 32.2. The summed E-state index contributed by atoms with van der Waals surface area (Å²) in [5.74, 6) is -1.42. The van der Waals surface area contributed by atoms with Crippen LogP contribution in [0.3, 0.4) is 0 Å². The Bertz CT molecular complexity index is 995. The van der Waals surface area contributed by atoms with Gasteiger partial charge in [-0.1, -0.05) is 24.3 Å². The number of sulfonamides is 1. The number of nitrogens with one attached hydrogen (secondary N) is 1. The van der Waals surface area contributed by atoms with Gasteiger partial charge in [-0.3, -0.25) is 4.79 Å². The molecular weight excluding hydrogens is 398 g/mol. The first-order valence-electron chi connectivity index (χ1n) is 9.51. The van der Waals surface area contributed by atoms with Crippen molar-refractivity contribution in [1.29, 1.82) is 0 Å². The highest BCUT2D eigenvalue weighted by Crippen LogP contribution is 2.28. The Kier molecular flexibility index (Phi) is 6.64. The minimum Gasteiger partial charge on any atom is -0.342 e. The van der Waals surface area contributed by atoms with E-state index in [2.05, 4.69) is 4.72 Å². The average molecular weight is 422 g/mol. The van der Waals surface area contributed by atoms with Crippen LogP contribution in [0.25, 0.3) is 11.1 Å². The standard InChI is InChI=1S/C21H24F2N2O3S/c1-29(27,28)24-17-6-4-11-25(12-10-17)21(26)13-15-5-2-3-7-18(15)19-9-8-16(22)14-20(19)23/h2-3,5,7-9,14,17,24H,4,6,10-13H2,1H3. The normalized spacial score (nSPS) is 17.8. The van der Waals surface area contributed by atoms with Crippen LogP contribution in [0.4, 0.5) is 8.78 Å². The maximum atomic E-state index is 14.2. The van der Waals surface area contributed by atoms with Crippen molar-refractivity contribution in [3.05, 3.63) is 59.7 Å². The SMILES string of the molecule is CS(=O)(=O)NC1CCCN(C(=O)Cc2ccccc2-c2ccc(F)cc2F)CC1. The lowest BCUT2D eigenvalue weighted by Crippen LogP contribution is -2.36. The molecule has 1 heterocycles. The van der Waals surface area contributed by atoms with Crippen molar-refractivity contribution in [1.82, 2.24) is 9.62 Å². The van der Waals surface area contributed by atoms with Crippen LogP contribution in [0.2, 0.25) is 0 Å².